The number of carbonyl (C=O) groups excluding carboxylic acids is 2. The molecule has 0 bridgehead atoms. The monoisotopic (exact) mass is 344 g/mol. The maximum atomic E-state index is 11.9. The van der Waals surface area contributed by atoms with Crippen LogP contribution in [0.3, 0.4) is 0 Å². The first kappa shape index (κ1) is 16.8. The average molecular weight is 344 g/mol. The predicted octanol–water partition coefficient (Wildman–Crippen LogP) is 2.55. The average Bonchev–Trinajstić information content (AvgIpc) is 3.02. The molecule has 0 radical (unpaired) electrons. The summed E-state index contributed by atoms with van der Waals surface area (Å²) in [4.78, 5) is 25.0. The van der Waals surface area contributed by atoms with E-state index in [1.165, 1.54) is 11.8 Å². The third kappa shape index (κ3) is 4.07. The van der Waals surface area contributed by atoms with E-state index in [4.69, 9.17) is 0 Å². The summed E-state index contributed by atoms with van der Waals surface area (Å²) >= 11 is 1.29. The van der Waals surface area contributed by atoms with Crippen LogP contribution in [-0.2, 0) is 4.79 Å². The molecule has 5 nitrogen and oxygen atoms in total. The number of hydrogen-bond acceptors (Lipinski definition) is 4. The number of amides is 2. The van der Waals surface area contributed by atoms with E-state index in [2.05, 4.69) is 5.32 Å². The number of nitrogens with one attached hydrogen (secondary N) is 1. The zero-order valence-corrected chi connectivity index (χ0v) is 14.1. The number of aliphatic hydroxyl groups is 1. The van der Waals surface area contributed by atoms with Crippen LogP contribution in [0.4, 0.5) is 4.79 Å². The van der Waals surface area contributed by atoms with Gasteiger partial charge in [0, 0.05) is 31.8 Å². The molecule has 24 heavy (non-hydrogen) atoms. The van der Waals surface area contributed by atoms with Gasteiger partial charge in [-0.05, 0) is 22.4 Å². The van der Waals surface area contributed by atoms with Crippen LogP contribution in [0.1, 0.15) is 18.1 Å². The molecule has 1 heterocycles. The number of hydrogen-bond donors (Lipinski definition) is 2. The molecule has 0 spiro atoms. The van der Waals surface area contributed by atoms with Crippen LogP contribution in [0.15, 0.2) is 42.5 Å². The normalized spacial score (nSPS) is 15.7. The Morgan fingerprint density at radius 1 is 1.25 bits per heavy atom. The Balaban J connectivity index is 1.49. The van der Waals surface area contributed by atoms with Crippen molar-refractivity contribution in [3.8, 4) is 0 Å². The van der Waals surface area contributed by atoms with Gasteiger partial charge in [0.15, 0.2) is 0 Å². The second-order valence-corrected chi connectivity index (χ2v) is 6.82. The minimum atomic E-state index is -0.748. The van der Waals surface area contributed by atoms with Crippen molar-refractivity contribution in [2.45, 2.75) is 12.5 Å². The van der Waals surface area contributed by atoms with Crippen LogP contribution in [0.5, 0.6) is 0 Å². The molecule has 1 atom stereocenters. The van der Waals surface area contributed by atoms with E-state index in [0.29, 0.717) is 13.1 Å². The van der Waals surface area contributed by atoms with E-state index < -0.39 is 6.10 Å². The number of aliphatic hydroxyl groups excluding tert-OH is 1. The SMILES string of the molecule is O=C(CCN1CCSC1=O)NC[C@@H](O)c1ccc2ccccc2c1. The van der Waals surface area contributed by atoms with E-state index in [1.54, 1.807) is 4.90 Å². The lowest BCUT2D eigenvalue weighted by atomic mass is 10.0. The van der Waals surface area contributed by atoms with Gasteiger partial charge in [-0.3, -0.25) is 9.59 Å². The van der Waals surface area contributed by atoms with Crippen LogP contribution in [0.2, 0.25) is 0 Å². The first-order chi connectivity index (χ1) is 11.6. The van der Waals surface area contributed by atoms with Gasteiger partial charge in [-0.25, -0.2) is 0 Å². The number of carbonyl (C=O) groups is 2. The lowest BCUT2D eigenvalue weighted by molar-refractivity contribution is -0.121. The molecule has 6 heteroatoms. The summed E-state index contributed by atoms with van der Waals surface area (Å²) in [5.41, 5.74) is 0.778. The van der Waals surface area contributed by atoms with Gasteiger partial charge in [0.25, 0.3) is 5.24 Å². The van der Waals surface area contributed by atoms with Crippen molar-refractivity contribution in [2.24, 2.45) is 0 Å². The summed E-state index contributed by atoms with van der Waals surface area (Å²) in [6.07, 6.45) is -0.487. The van der Waals surface area contributed by atoms with Crippen molar-refractivity contribution in [3.05, 3.63) is 48.0 Å². The summed E-state index contributed by atoms with van der Waals surface area (Å²) in [6.45, 7) is 1.31. The minimum Gasteiger partial charge on any atom is -0.387 e. The lowest BCUT2D eigenvalue weighted by Gasteiger charge is -2.16. The van der Waals surface area contributed by atoms with Gasteiger partial charge in [-0.1, -0.05) is 48.2 Å². The van der Waals surface area contributed by atoms with Gasteiger partial charge < -0.3 is 15.3 Å². The summed E-state index contributed by atoms with van der Waals surface area (Å²) < 4.78 is 0. The first-order valence-electron chi connectivity index (χ1n) is 7.98. The first-order valence-corrected chi connectivity index (χ1v) is 8.97. The van der Waals surface area contributed by atoms with Gasteiger partial charge in [0.1, 0.15) is 0 Å². The largest absolute Gasteiger partial charge is 0.387 e. The summed E-state index contributed by atoms with van der Waals surface area (Å²) in [6, 6.07) is 13.7. The van der Waals surface area contributed by atoms with Gasteiger partial charge in [-0.2, -0.15) is 0 Å². The molecule has 2 amide bonds. The summed E-state index contributed by atoms with van der Waals surface area (Å²) in [5, 5.41) is 15.2. The van der Waals surface area contributed by atoms with Crippen LogP contribution in [0, 0.1) is 0 Å². The molecule has 1 saturated heterocycles. The molecule has 0 unspecified atom stereocenters. The molecule has 1 aliphatic heterocycles. The van der Waals surface area contributed by atoms with Gasteiger partial charge in [-0.15, -0.1) is 0 Å². The fourth-order valence-corrected chi connectivity index (χ4v) is 3.55. The molecule has 2 aromatic rings. The minimum absolute atomic E-state index is 0.0407. The zero-order valence-electron chi connectivity index (χ0n) is 13.3. The van der Waals surface area contributed by atoms with E-state index in [-0.39, 0.29) is 24.1 Å². The van der Waals surface area contributed by atoms with Crippen molar-refractivity contribution in [2.75, 3.05) is 25.4 Å². The zero-order chi connectivity index (χ0) is 16.9. The molecule has 0 aliphatic carbocycles. The highest BCUT2D eigenvalue weighted by Gasteiger charge is 2.21. The molecule has 126 valence electrons. The van der Waals surface area contributed by atoms with Gasteiger partial charge in [0.05, 0.1) is 6.10 Å². The standard InChI is InChI=1S/C18H20N2O3S/c21-16(15-6-5-13-3-1-2-4-14(13)11-15)12-19-17(22)7-8-20-9-10-24-18(20)23/h1-6,11,16,21H,7-10,12H2,(H,19,22)/t16-/m1/s1. The van der Waals surface area contributed by atoms with Crippen molar-refractivity contribution in [3.63, 3.8) is 0 Å². The fraction of sp³-hybridized carbons (Fsp3) is 0.333. The highest BCUT2D eigenvalue weighted by Crippen LogP contribution is 2.20. The van der Waals surface area contributed by atoms with E-state index in [1.807, 2.05) is 42.5 Å². The molecule has 1 fully saturated rings. The molecule has 3 rings (SSSR count). The van der Waals surface area contributed by atoms with Crippen LogP contribution in [-0.4, -0.2) is 46.5 Å². The molecular formula is C18H20N2O3S. The van der Waals surface area contributed by atoms with Crippen LogP contribution in [0.25, 0.3) is 10.8 Å². The van der Waals surface area contributed by atoms with Crippen molar-refractivity contribution in [1.29, 1.82) is 0 Å². The summed E-state index contributed by atoms with van der Waals surface area (Å²) in [5.74, 6) is 0.640. The Hall–Kier alpha value is -2.05. The maximum Gasteiger partial charge on any atom is 0.281 e. The van der Waals surface area contributed by atoms with Crippen molar-refractivity contribution >= 4 is 33.7 Å². The smallest absolute Gasteiger partial charge is 0.281 e. The highest BCUT2D eigenvalue weighted by molar-refractivity contribution is 8.13. The van der Waals surface area contributed by atoms with Gasteiger partial charge >= 0.3 is 0 Å². The van der Waals surface area contributed by atoms with Crippen molar-refractivity contribution in [1.82, 2.24) is 10.2 Å². The quantitative estimate of drug-likeness (QED) is 0.845. The van der Waals surface area contributed by atoms with Crippen molar-refractivity contribution < 1.29 is 14.7 Å². The number of thioether (sulfide) groups is 1. The molecule has 2 aromatic carbocycles. The van der Waals surface area contributed by atoms with E-state index in [9.17, 15) is 14.7 Å². The predicted molar refractivity (Wildman–Crippen MR) is 96.0 cm³/mol. The Labute approximate surface area is 145 Å². The number of nitrogens with zero attached hydrogens (tertiary/aromatic N) is 1. The van der Waals surface area contributed by atoms with Crippen LogP contribution < -0.4 is 5.32 Å². The van der Waals surface area contributed by atoms with Crippen LogP contribution >= 0.6 is 11.8 Å². The Morgan fingerprint density at radius 3 is 2.79 bits per heavy atom. The summed E-state index contributed by atoms with van der Waals surface area (Å²) in [7, 11) is 0. The molecule has 2 N–H and O–H groups in total. The maximum absolute atomic E-state index is 11.9. The molecule has 1 aliphatic rings. The Kier molecular flexibility index (Phi) is 5.37. The number of benzene rings is 2. The Morgan fingerprint density at radius 2 is 2.04 bits per heavy atom. The third-order valence-corrected chi connectivity index (χ3v) is 5.00. The molecular weight excluding hydrogens is 324 g/mol. The second-order valence-electron chi connectivity index (χ2n) is 5.78. The lowest BCUT2D eigenvalue weighted by Crippen LogP contribution is -2.33. The van der Waals surface area contributed by atoms with E-state index >= 15 is 0 Å². The number of rotatable bonds is 6. The number of fused-ring (bicyclic) bond motifs is 1. The highest BCUT2D eigenvalue weighted by atomic mass is 32.2. The Bertz CT molecular complexity index is 750. The van der Waals surface area contributed by atoms with E-state index in [0.717, 1.165) is 22.1 Å². The van der Waals surface area contributed by atoms with Gasteiger partial charge in [0.2, 0.25) is 5.91 Å². The topological polar surface area (TPSA) is 69.6 Å². The molecule has 0 saturated carbocycles. The fourth-order valence-electron chi connectivity index (χ4n) is 2.70. The molecule has 0 aromatic heterocycles. The third-order valence-electron chi connectivity index (χ3n) is 4.10. The second kappa shape index (κ2) is 7.68.